The fraction of sp³-hybridized carbons (Fsp3) is 0.389. The van der Waals surface area contributed by atoms with Crippen LogP contribution >= 0.6 is 11.3 Å². The minimum absolute atomic E-state index is 0.363. The van der Waals surface area contributed by atoms with E-state index in [1.165, 1.54) is 24.2 Å². The number of aromatic nitrogens is 3. The molecule has 1 saturated carbocycles. The number of rotatable bonds is 5. The average molecular weight is 356 g/mol. The van der Waals surface area contributed by atoms with Crippen LogP contribution in [0.2, 0.25) is 0 Å². The van der Waals surface area contributed by atoms with Crippen molar-refractivity contribution in [3.8, 4) is 16.9 Å². The highest BCUT2D eigenvalue weighted by atomic mass is 32.1. The van der Waals surface area contributed by atoms with Crippen molar-refractivity contribution in [1.29, 1.82) is 0 Å². The normalized spacial score (nSPS) is 15.1. The molecule has 0 bridgehead atoms. The lowest BCUT2D eigenvalue weighted by atomic mass is 10.1. The van der Waals surface area contributed by atoms with Gasteiger partial charge in [-0.1, -0.05) is 24.2 Å². The van der Waals surface area contributed by atoms with Crippen molar-refractivity contribution in [2.24, 2.45) is 0 Å². The van der Waals surface area contributed by atoms with Crippen molar-refractivity contribution >= 4 is 26.7 Å². The lowest BCUT2D eigenvalue weighted by Gasteiger charge is -2.11. The maximum absolute atomic E-state index is 5.87. The van der Waals surface area contributed by atoms with Gasteiger partial charge in [0, 0.05) is 23.5 Å². The summed E-state index contributed by atoms with van der Waals surface area (Å²) in [5, 5.41) is 0.529. The molecule has 25 heavy (non-hydrogen) atoms. The highest BCUT2D eigenvalue weighted by Crippen LogP contribution is 2.39. The molecule has 7 heteroatoms. The van der Waals surface area contributed by atoms with Crippen LogP contribution in [-0.4, -0.2) is 28.2 Å². The van der Waals surface area contributed by atoms with Gasteiger partial charge in [0.15, 0.2) is 11.0 Å². The van der Waals surface area contributed by atoms with Gasteiger partial charge in [-0.3, -0.25) is 0 Å². The Morgan fingerprint density at radius 1 is 1.20 bits per heavy atom. The predicted molar refractivity (Wildman–Crippen MR) is 98.7 cm³/mol. The smallest absolute Gasteiger partial charge is 0.181 e. The highest BCUT2D eigenvalue weighted by molar-refractivity contribution is 7.22. The van der Waals surface area contributed by atoms with Crippen LogP contribution < -0.4 is 10.5 Å². The van der Waals surface area contributed by atoms with Crippen molar-refractivity contribution < 1.29 is 9.47 Å². The summed E-state index contributed by atoms with van der Waals surface area (Å²) in [5.74, 6) is 1.46. The number of hydrogen-bond acceptors (Lipinski definition) is 7. The first-order chi connectivity index (χ1) is 12.2. The summed E-state index contributed by atoms with van der Waals surface area (Å²) in [5.41, 5.74) is 8.49. The van der Waals surface area contributed by atoms with Crippen LogP contribution in [0.3, 0.4) is 0 Å². The van der Waals surface area contributed by atoms with E-state index in [-0.39, 0.29) is 0 Å². The van der Waals surface area contributed by atoms with Crippen LogP contribution in [0.4, 0.5) is 5.13 Å². The zero-order valence-electron chi connectivity index (χ0n) is 14.1. The zero-order valence-corrected chi connectivity index (χ0v) is 14.9. The van der Waals surface area contributed by atoms with E-state index in [0.717, 1.165) is 39.9 Å². The van der Waals surface area contributed by atoms with Crippen LogP contribution in [0.5, 0.6) is 5.75 Å². The van der Waals surface area contributed by atoms with Gasteiger partial charge in [0.25, 0.3) is 0 Å². The lowest BCUT2D eigenvalue weighted by molar-refractivity contribution is 0.0417. The molecule has 3 aromatic rings. The van der Waals surface area contributed by atoms with E-state index < -0.39 is 0 Å². The number of ether oxygens (including phenoxy) is 2. The van der Waals surface area contributed by atoms with Gasteiger partial charge in [0.05, 0.1) is 23.4 Å². The summed E-state index contributed by atoms with van der Waals surface area (Å²) < 4.78 is 12.4. The Morgan fingerprint density at radius 2 is 1.96 bits per heavy atom. The topological polar surface area (TPSA) is 83.2 Å². The van der Waals surface area contributed by atoms with Gasteiger partial charge in [-0.25, -0.2) is 15.0 Å². The Hall–Kier alpha value is -2.25. The molecule has 6 nitrogen and oxygen atoms in total. The molecule has 1 aliphatic carbocycles. The van der Waals surface area contributed by atoms with E-state index >= 15 is 0 Å². The second-order valence-corrected chi connectivity index (χ2v) is 7.18. The number of thiazole rings is 1. The van der Waals surface area contributed by atoms with Crippen molar-refractivity contribution in [3.63, 3.8) is 0 Å². The van der Waals surface area contributed by atoms with Crippen LogP contribution in [0, 0.1) is 0 Å². The number of hydrogen-bond donors (Lipinski definition) is 1. The third-order valence-corrected chi connectivity index (χ3v) is 5.40. The molecule has 4 rings (SSSR count). The number of benzene rings is 1. The first-order valence-corrected chi connectivity index (χ1v) is 9.22. The molecule has 0 spiro atoms. The van der Waals surface area contributed by atoms with Crippen LogP contribution in [0.1, 0.15) is 31.5 Å². The van der Waals surface area contributed by atoms with Gasteiger partial charge in [-0.2, -0.15) is 0 Å². The van der Waals surface area contributed by atoms with Crippen molar-refractivity contribution in [3.05, 3.63) is 30.4 Å². The Morgan fingerprint density at radius 3 is 2.68 bits per heavy atom. The van der Waals surface area contributed by atoms with Crippen molar-refractivity contribution in [2.75, 3.05) is 12.8 Å². The number of anilines is 1. The number of fused-ring (bicyclic) bond motifs is 1. The van der Waals surface area contributed by atoms with Crippen LogP contribution in [0.25, 0.3) is 21.3 Å². The van der Waals surface area contributed by atoms with Crippen LogP contribution in [-0.2, 0) is 11.3 Å². The summed E-state index contributed by atoms with van der Waals surface area (Å²) in [4.78, 5) is 13.2. The Labute approximate surface area is 150 Å². The van der Waals surface area contributed by atoms with Crippen LogP contribution in [0.15, 0.2) is 24.5 Å². The largest absolute Gasteiger partial charge is 0.495 e. The fourth-order valence-electron chi connectivity index (χ4n) is 3.23. The van der Waals surface area contributed by atoms with Gasteiger partial charge in [-0.05, 0) is 25.0 Å². The quantitative estimate of drug-likeness (QED) is 0.748. The number of nitrogen functional groups attached to an aromatic ring is 1. The molecule has 1 aliphatic rings. The minimum Gasteiger partial charge on any atom is -0.495 e. The molecule has 0 saturated heterocycles. The first kappa shape index (κ1) is 16.2. The van der Waals surface area contributed by atoms with E-state index in [0.29, 0.717) is 23.7 Å². The summed E-state index contributed by atoms with van der Waals surface area (Å²) >= 11 is 1.42. The van der Waals surface area contributed by atoms with Crippen molar-refractivity contribution in [1.82, 2.24) is 15.0 Å². The molecule has 2 N–H and O–H groups in total. The second kappa shape index (κ2) is 6.93. The molecule has 0 radical (unpaired) electrons. The molecule has 1 aromatic carbocycles. The first-order valence-electron chi connectivity index (χ1n) is 8.40. The maximum atomic E-state index is 5.87. The standard InChI is InChI=1S/C18H20N4O2S/c1-23-16-13(6-7-14-17(16)25-18(19)22-14)11-8-20-15(21-9-11)10-24-12-4-2-3-5-12/h6-9,12H,2-5,10H2,1H3,(H2,19,22). The Balaban J connectivity index is 1.57. The fourth-order valence-corrected chi connectivity index (χ4v) is 4.09. The number of nitrogens with two attached hydrogens (primary N) is 1. The van der Waals surface area contributed by atoms with E-state index in [9.17, 15) is 0 Å². The van der Waals surface area contributed by atoms with Crippen molar-refractivity contribution in [2.45, 2.75) is 38.4 Å². The molecular formula is C18H20N4O2S. The average Bonchev–Trinajstić information content (AvgIpc) is 3.28. The molecule has 0 atom stereocenters. The van der Waals surface area contributed by atoms with Gasteiger partial charge in [-0.15, -0.1) is 0 Å². The predicted octanol–water partition coefficient (Wildman–Crippen LogP) is 3.80. The molecule has 0 unspecified atom stereocenters. The molecule has 0 aliphatic heterocycles. The third-order valence-electron chi connectivity index (χ3n) is 4.50. The monoisotopic (exact) mass is 356 g/mol. The third kappa shape index (κ3) is 3.29. The van der Waals surface area contributed by atoms with Gasteiger partial charge in [0.1, 0.15) is 12.4 Å². The second-order valence-electron chi connectivity index (χ2n) is 6.15. The lowest BCUT2D eigenvalue weighted by Crippen LogP contribution is -2.09. The molecular weight excluding hydrogens is 336 g/mol. The summed E-state index contributed by atoms with van der Waals surface area (Å²) in [6.07, 6.45) is 8.80. The zero-order chi connectivity index (χ0) is 17.2. The minimum atomic E-state index is 0.363. The molecule has 2 aromatic heterocycles. The number of methoxy groups -OCH3 is 1. The Kier molecular flexibility index (Phi) is 4.50. The Bertz CT molecular complexity index is 873. The van der Waals surface area contributed by atoms with Gasteiger partial charge in [0.2, 0.25) is 0 Å². The summed E-state index contributed by atoms with van der Waals surface area (Å²) in [6.45, 7) is 0.465. The molecule has 130 valence electrons. The maximum Gasteiger partial charge on any atom is 0.181 e. The van der Waals surface area contributed by atoms with Gasteiger partial charge < -0.3 is 15.2 Å². The molecule has 0 amide bonds. The molecule has 2 heterocycles. The highest BCUT2D eigenvalue weighted by Gasteiger charge is 2.17. The van der Waals surface area contributed by atoms with E-state index in [1.54, 1.807) is 7.11 Å². The number of nitrogens with zero attached hydrogens (tertiary/aromatic N) is 3. The van der Waals surface area contributed by atoms with E-state index in [1.807, 2.05) is 24.5 Å². The SMILES string of the molecule is COc1c(-c2cnc(COC3CCCC3)nc2)ccc2nc(N)sc12. The molecule has 1 fully saturated rings. The summed E-state index contributed by atoms with van der Waals surface area (Å²) in [6, 6.07) is 3.91. The van der Waals surface area contributed by atoms with Gasteiger partial charge >= 0.3 is 0 Å². The summed E-state index contributed by atoms with van der Waals surface area (Å²) in [7, 11) is 1.65. The van der Waals surface area contributed by atoms with E-state index in [4.69, 9.17) is 15.2 Å². The van der Waals surface area contributed by atoms with E-state index in [2.05, 4.69) is 15.0 Å².